The minimum Gasteiger partial charge on any atom is -0.378 e. The second kappa shape index (κ2) is 6.70. The predicted octanol–water partition coefficient (Wildman–Crippen LogP) is 2.45. The molecule has 7 heteroatoms. The predicted molar refractivity (Wildman–Crippen MR) is 81.6 cm³/mol. The summed E-state index contributed by atoms with van der Waals surface area (Å²) in [5.41, 5.74) is 1.25. The van der Waals surface area contributed by atoms with Crippen LogP contribution in [0.1, 0.15) is 10.5 Å². The first-order valence-corrected chi connectivity index (χ1v) is 7.18. The van der Waals surface area contributed by atoms with Crippen molar-refractivity contribution >= 4 is 17.3 Å². The van der Waals surface area contributed by atoms with Crippen LogP contribution in [-0.4, -0.2) is 37.2 Å². The first-order chi connectivity index (χ1) is 11.1. The van der Waals surface area contributed by atoms with Crippen molar-refractivity contribution in [3.05, 3.63) is 53.9 Å². The molecule has 1 saturated heterocycles. The summed E-state index contributed by atoms with van der Waals surface area (Å²) in [6, 6.07) is 6.67. The Labute approximate surface area is 131 Å². The lowest BCUT2D eigenvalue weighted by atomic mass is 10.2. The number of amides is 1. The summed E-state index contributed by atoms with van der Waals surface area (Å²) >= 11 is 0. The molecule has 1 aromatic heterocycles. The van der Waals surface area contributed by atoms with Gasteiger partial charge in [-0.05, 0) is 24.3 Å². The fourth-order valence-corrected chi connectivity index (χ4v) is 2.33. The van der Waals surface area contributed by atoms with E-state index in [0.717, 1.165) is 30.9 Å². The number of carbonyl (C=O) groups excluding carboxylic acids is 1. The van der Waals surface area contributed by atoms with Crippen molar-refractivity contribution in [2.45, 2.75) is 0 Å². The lowest BCUT2D eigenvalue weighted by Crippen LogP contribution is -2.36. The molecule has 0 atom stereocenters. The molecule has 3 rings (SSSR count). The lowest BCUT2D eigenvalue weighted by Gasteiger charge is -2.28. The number of nitrogens with one attached hydrogen (secondary N) is 1. The van der Waals surface area contributed by atoms with E-state index in [2.05, 4.69) is 15.2 Å². The fraction of sp³-hybridized carbons (Fsp3) is 0.250. The number of rotatable bonds is 3. The molecule has 0 radical (unpaired) electrons. The van der Waals surface area contributed by atoms with Crippen LogP contribution in [0.25, 0.3) is 0 Å². The lowest BCUT2D eigenvalue weighted by molar-refractivity contribution is 0.102. The summed E-state index contributed by atoms with van der Waals surface area (Å²) in [6.45, 7) is 2.76. The highest BCUT2D eigenvalue weighted by atomic mass is 19.2. The van der Waals surface area contributed by atoms with Gasteiger partial charge in [-0.3, -0.25) is 9.78 Å². The number of pyridine rings is 1. The highest BCUT2D eigenvalue weighted by Gasteiger charge is 2.15. The largest absolute Gasteiger partial charge is 0.378 e. The third kappa shape index (κ3) is 3.62. The molecule has 120 valence electrons. The number of hydrogen-bond donors (Lipinski definition) is 1. The Bertz CT molecular complexity index is 718. The van der Waals surface area contributed by atoms with Crippen LogP contribution in [0.4, 0.5) is 20.2 Å². The zero-order valence-electron chi connectivity index (χ0n) is 12.3. The number of hydrogen-bond acceptors (Lipinski definition) is 4. The number of carbonyl (C=O) groups is 1. The van der Waals surface area contributed by atoms with Crippen LogP contribution in [0.15, 0.2) is 36.5 Å². The molecule has 0 unspecified atom stereocenters. The highest BCUT2D eigenvalue weighted by Crippen LogP contribution is 2.18. The summed E-state index contributed by atoms with van der Waals surface area (Å²) in [4.78, 5) is 18.3. The van der Waals surface area contributed by atoms with Crippen LogP contribution < -0.4 is 10.2 Å². The van der Waals surface area contributed by atoms with Crippen molar-refractivity contribution in [3.8, 4) is 0 Å². The maximum atomic E-state index is 13.2. The Hall–Kier alpha value is -2.54. The number of nitrogens with zero attached hydrogens (tertiary/aromatic N) is 2. The molecular weight excluding hydrogens is 304 g/mol. The van der Waals surface area contributed by atoms with Crippen LogP contribution >= 0.6 is 0 Å². The van der Waals surface area contributed by atoms with E-state index in [-0.39, 0.29) is 11.4 Å². The Kier molecular flexibility index (Phi) is 4.47. The number of benzene rings is 1. The molecule has 1 N–H and O–H groups in total. The van der Waals surface area contributed by atoms with E-state index in [1.165, 1.54) is 6.07 Å². The van der Waals surface area contributed by atoms with Gasteiger partial charge in [0, 0.05) is 36.7 Å². The number of anilines is 2. The minimum absolute atomic E-state index is 0.174. The molecule has 0 aliphatic carbocycles. The van der Waals surface area contributed by atoms with Gasteiger partial charge in [0.15, 0.2) is 11.6 Å². The molecule has 5 nitrogen and oxygen atoms in total. The van der Waals surface area contributed by atoms with E-state index in [1.54, 1.807) is 12.3 Å². The van der Waals surface area contributed by atoms with E-state index in [4.69, 9.17) is 4.74 Å². The molecular formula is C16H15F2N3O2. The number of halogens is 2. The van der Waals surface area contributed by atoms with Crippen molar-refractivity contribution in [2.75, 3.05) is 36.5 Å². The highest BCUT2D eigenvalue weighted by molar-refractivity contribution is 6.03. The van der Waals surface area contributed by atoms with Crippen LogP contribution in [0, 0.1) is 11.6 Å². The molecule has 1 amide bonds. The van der Waals surface area contributed by atoms with E-state index in [9.17, 15) is 13.6 Å². The number of aromatic nitrogens is 1. The van der Waals surface area contributed by atoms with Gasteiger partial charge in [0.25, 0.3) is 5.91 Å². The molecule has 2 aromatic rings. The first kappa shape index (κ1) is 15.4. The second-order valence-electron chi connectivity index (χ2n) is 5.08. The zero-order chi connectivity index (χ0) is 16.2. The van der Waals surface area contributed by atoms with Gasteiger partial charge in [-0.25, -0.2) is 8.78 Å². The van der Waals surface area contributed by atoms with E-state index in [1.807, 2.05) is 6.07 Å². The quantitative estimate of drug-likeness (QED) is 0.944. The molecule has 1 aliphatic heterocycles. The molecule has 1 fully saturated rings. The molecule has 0 saturated carbocycles. The monoisotopic (exact) mass is 319 g/mol. The second-order valence-corrected chi connectivity index (χ2v) is 5.08. The summed E-state index contributed by atoms with van der Waals surface area (Å²) in [6.07, 6.45) is 1.55. The molecule has 1 aromatic carbocycles. The molecule has 0 spiro atoms. The van der Waals surface area contributed by atoms with Gasteiger partial charge in [0.1, 0.15) is 5.69 Å². The van der Waals surface area contributed by atoms with Crippen molar-refractivity contribution in [3.63, 3.8) is 0 Å². The van der Waals surface area contributed by atoms with Gasteiger partial charge in [0.2, 0.25) is 0 Å². The summed E-state index contributed by atoms with van der Waals surface area (Å²) in [5, 5.41) is 2.51. The zero-order valence-corrected chi connectivity index (χ0v) is 12.3. The van der Waals surface area contributed by atoms with Gasteiger partial charge in [-0.1, -0.05) is 0 Å². The SMILES string of the molecule is O=C(Nc1ccc(F)c(F)c1)c1cc(N2CCOCC2)ccn1. The molecule has 2 heterocycles. The van der Waals surface area contributed by atoms with Gasteiger partial charge >= 0.3 is 0 Å². The van der Waals surface area contributed by atoms with Crippen molar-refractivity contribution in [2.24, 2.45) is 0 Å². The van der Waals surface area contributed by atoms with E-state index >= 15 is 0 Å². The van der Waals surface area contributed by atoms with Crippen LogP contribution in [0.5, 0.6) is 0 Å². The average Bonchev–Trinajstić information content (AvgIpc) is 2.59. The maximum Gasteiger partial charge on any atom is 0.274 e. The van der Waals surface area contributed by atoms with Crippen molar-refractivity contribution < 1.29 is 18.3 Å². The smallest absolute Gasteiger partial charge is 0.274 e. The maximum absolute atomic E-state index is 13.2. The fourth-order valence-electron chi connectivity index (χ4n) is 2.33. The molecule has 23 heavy (non-hydrogen) atoms. The molecule has 1 aliphatic rings. The average molecular weight is 319 g/mol. The van der Waals surface area contributed by atoms with Gasteiger partial charge < -0.3 is 15.0 Å². The van der Waals surface area contributed by atoms with Crippen LogP contribution in [-0.2, 0) is 4.74 Å². The number of morpholine rings is 1. The Balaban J connectivity index is 1.75. The standard InChI is InChI=1S/C16H15F2N3O2/c17-13-2-1-11(9-14(13)18)20-16(22)15-10-12(3-4-19-15)21-5-7-23-8-6-21/h1-4,9-10H,5-8H2,(H,20,22). The van der Waals surface area contributed by atoms with Crippen molar-refractivity contribution in [1.29, 1.82) is 0 Å². The Morgan fingerprint density at radius 3 is 2.65 bits per heavy atom. The van der Waals surface area contributed by atoms with Gasteiger partial charge in [-0.15, -0.1) is 0 Å². The Morgan fingerprint density at radius 1 is 1.13 bits per heavy atom. The molecule has 0 bridgehead atoms. The van der Waals surface area contributed by atoms with Crippen molar-refractivity contribution in [1.82, 2.24) is 4.98 Å². The minimum atomic E-state index is -1.02. The number of ether oxygens (including phenoxy) is 1. The van der Waals surface area contributed by atoms with E-state index < -0.39 is 17.5 Å². The summed E-state index contributed by atoms with van der Waals surface area (Å²) < 4.78 is 31.4. The van der Waals surface area contributed by atoms with Gasteiger partial charge in [-0.2, -0.15) is 0 Å². The summed E-state index contributed by atoms with van der Waals surface area (Å²) in [5.74, 6) is -2.46. The van der Waals surface area contributed by atoms with Gasteiger partial charge in [0.05, 0.1) is 13.2 Å². The third-order valence-corrected chi connectivity index (χ3v) is 3.53. The third-order valence-electron chi connectivity index (χ3n) is 3.53. The summed E-state index contributed by atoms with van der Waals surface area (Å²) in [7, 11) is 0. The topological polar surface area (TPSA) is 54.5 Å². The van der Waals surface area contributed by atoms with Crippen LogP contribution in [0.3, 0.4) is 0 Å². The Morgan fingerprint density at radius 2 is 1.91 bits per heavy atom. The normalized spacial score (nSPS) is 14.6. The van der Waals surface area contributed by atoms with Crippen LogP contribution in [0.2, 0.25) is 0 Å². The van der Waals surface area contributed by atoms with E-state index in [0.29, 0.717) is 13.2 Å². The first-order valence-electron chi connectivity index (χ1n) is 7.18.